The number of benzene rings is 2. The van der Waals surface area contributed by atoms with E-state index >= 15 is 0 Å². The van der Waals surface area contributed by atoms with Crippen LogP contribution in [0.4, 0.5) is 4.39 Å². The van der Waals surface area contributed by atoms with Gasteiger partial charge in [-0.15, -0.1) is 0 Å². The first kappa shape index (κ1) is 17.4. The second-order valence-corrected chi connectivity index (χ2v) is 6.97. The highest BCUT2D eigenvalue weighted by molar-refractivity contribution is 7.89. The van der Waals surface area contributed by atoms with Crippen molar-refractivity contribution in [2.24, 2.45) is 0 Å². The molecule has 2 rings (SSSR count). The van der Waals surface area contributed by atoms with Crippen LogP contribution in [0.2, 0.25) is 0 Å². The van der Waals surface area contributed by atoms with Gasteiger partial charge < -0.3 is 4.74 Å². The fourth-order valence-electron chi connectivity index (χ4n) is 2.19. The average Bonchev–Trinajstić information content (AvgIpc) is 2.50. The molecule has 6 heteroatoms. The van der Waals surface area contributed by atoms with Crippen LogP contribution in [0.5, 0.6) is 5.75 Å². The molecule has 124 valence electrons. The molecule has 4 nitrogen and oxygen atoms in total. The van der Waals surface area contributed by atoms with E-state index < -0.39 is 21.9 Å². The molecule has 1 atom stereocenters. The minimum atomic E-state index is -3.73. The number of sulfonamides is 1. The molecule has 0 aromatic heterocycles. The van der Waals surface area contributed by atoms with Gasteiger partial charge in [0.25, 0.3) is 0 Å². The summed E-state index contributed by atoms with van der Waals surface area (Å²) < 4.78 is 46.2. The third-order valence-electron chi connectivity index (χ3n) is 3.44. The molecule has 0 bridgehead atoms. The van der Waals surface area contributed by atoms with Gasteiger partial charge in [-0.2, -0.15) is 0 Å². The van der Waals surface area contributed by atoms with Crippen molar-refractivity contribution in [3.63, 3.8) is 0 Å². The van der Waals surface area contributed by atoms with E-state index in [0.29, 0.717) is 17.9 Å². The second-order valence-electron chi connectivity index (χ2n) is 5.26. The summed E-state index contributed by atoms with van der Waals surface area (Å²) in [5, 5.41) is 0. The Bertz CT molecular complexity index is 790. The number of ether oxygens (including phenoxy) is 1. The molecule has 1 N–H and O–H groups in total. The van der Waals surface area contributed by atoms with Gasteiger partial charge in [-0.25, -0.2) is 17.5 Å². The summed E-state index contributed by atoms with van der Waals surface area (Å²) in [4.78, 5) is 0.0456. The van der Waals surface area contributed by atoms with Gasteiger partial charge in [-0.1, -0.05) is 12.1 Å². The van der Waals surface area contributed by atoms with Crippen molar-refractivity contribution >= 4 is 10.0 Å². The Morgan fingerprint density at radius 1 is 1.22 bits per heavy atom. The minimum absolute atomic E-state index is 0.0456. The van der Waals surface area contributed by atoms with Crippen molar-refractivity contribution in [3.05, 3.63) is 59.4 Å². The summed E-state index contributed by atoms with van der Waals surface area (Å²) in [7, 11) is -3.73. The van der Waals surface area contributed by atoms with Crippen LogP contribution >= 0.6 is 0 Å². The smallest absolute Gasteiger partial charge is 0.241 e. The Labute approximate surface area is 136 Å². The molecular weight excluding hydrogens is 317 g/mol. The van der Waals surface area contributed by atoms with Gasteiger partial charge in [0.15, 0.2) is 0 Å². The lowest BCUT2D eigenvalue weighted by atomic mass is 10.1. The van der Waals surface area contributed by atoms with Crippen molar-refractivity contribution < 1.29 is 17.5 Å². The van der Waals surface area contributed by atoms with E-state index in [1.54, 1.807) is 13.0 Å². The van der Waals surface area contributed by atoms with Crippen LogP contribution in [-0.2, 0) is 10.0 Å². The number of rotatable bonds is 6. The molecule has 0 saturated heterocycles. The number of hydrogen-bond acceptors (Lipinski definition) is 3. The maximum absolute atomic E-state index is 13.3. The van der Waals surface area contributed by atoms with Crippen LogP contribution in [-0.4, -0.2) is 15.0 Å². The van der Waals surface area contributed by atoms with E-state index in [-0.39, 0.29) is 4.90 Å². The van der Waals surface area contributed by atoms with Crippen LogP contribution in [0.1, 0.15) is 31.0 Å². The zero-order chi connectivity index (χ0) is 17.0. The number of aryl methyl sites for hydroxylation is 1. The third kappa shape index (κ3) is 4.30. The Morgan fingerprint density at radius 3 is 2.61 bits per heavy atom. The topological polar surface area (TPSA) is 55.4 Å². The quantitative estimate of drug-likeness (QED) is 0.877. The summed E-state index contributed by atoms with van der Waals surface area (Å²) in [5.41, 5.74) is 1.08. The summed E-state index contributed by atoms with van der Waals surface area (Å²) in [5.74, 6) is 0.259. The third-order valence-corrected chi connectivity index (χ3v) is 4.98. The number of hydrogen-bond donors (Lipinski definition) is 1. The highest BCUT2D eigenvalue weighted by atomic mass is 32.2. The fraction of sp³-hybridized carbons (Fsp3) is 0.294. The molecule has 1 unspecified atom stereocenters. The lowest BCUT2D eigenvalue weighted by Crippen LogP contribution is -2.27. The summed E-state index contributed by atoms with van der Waals surface area (Å²) in [6.07, 6.45) is 0. The molecule has 0 aliphatic rings. The molecule has 2 aromatic rings. The largest absolute Gasteiger partial charge is 0.494 e. The normalized spacial score (nSPS) is 12.9. The van der Waals surface area contributed by atoms with Crippen molar-refractivity contribution in [3.8, 4) is 5.75 Å². The van der Waals surface area contributed by atoms with Gasteiger partial charge in [0.1, 0.15) is 11.6 Å². The molecule has 23 heavy (non-hydrogen) atoms. The van der Waals surface area contributed by atoms with E-state index in [1.165, 1.54) is 19.1 Å². The van der Waals surface area contributed by atoms with Crippen LogP contribution < -0.4 is 9.46 Å². The molecular formula is C17H20FNO3S. The predicted molar refractivity (Wildman–Crippen MR) is 87.5 cm³/mol. The fourth-order valence-corrected chi connectivity index (χ4v) is 3.51. The first-order valence-electron chi connectivity index (χ1n) is 7.34. The number of nitrogens with one attached hydrogen (secondary N) is 1. The lowest BCUT2D eigenvalue weighted by molar-refractivity contribution is 0.339. The predicted octanol–water partition coefficient (Wildman–Crippen LogP) is 3.57. The minimum Gasteiger partial charge on any atom is -0.494 e. The first-order chi connectivity index (χ1) is 10.8. The highest BCUT2D eigenvalue weighted by Gasteiger charge is 2.19. The van der Waals surface area contributed by atoms with Gasteiger partial charge in [-0.05, 0) is 62.2 Å². The monoisotopic (exact) mass is 337 g/mol. The van der Waals surface area contributed by atoms with E-state index in [1.807, 2.05) is 25.1 Å². The van der Waals surface area contributed by atoms with Gasteiger partial charge in [0.2, 0.25) is 10.0 Å². The molecule has 2 aromatic carbocycles. The van der Waals surface area contributed by atoms with Crippen LogP contribution in [0.3, 0.4) is 0 Å². The maximum Gasteiger partial charge on any atom is 0.241 e. The molecule has 0 heterocycles. The van der Waals surface area contributed by atoms with Gasteiger partial charge in [0, 0.05) is 6.04 Å². The summed E-state index contributed by atoms with van der Waals surface area (Å²) >= 11 is 0. The Hall–Kier alpha value is -1.92. The average molecular weight is 337 g/mol. The Kier molecular flexibility index (Phi) is 5.38. The zero-order valence-electron chi connectivity index (χ0n) is 13.3. The summed E-state index contributed by atoms with van der Waals surface area (Å²) in [6, 6.07) is 10.5. The van der Waals surface area contributed by atoms with Gasteiger partial charge in [0.05, 0.1) is 11.5 Å². The van der Waals surface area contributed by atoms with Crippen LogP contribution in [0, 0.1) is 12.7 Å². The Morgan fingerprint density at radius 2 is 1.96 bits per heavy atom. The van der Waals surface area contributed by atoms with Crippen molar-refractivity contribution in [1.29, 1.82) is 0 Å². The molecule has 0 fully saturated rings. The van der Waals surface area contributed by atoms with Crippen LogP contribution in [0.15, 0.2) is 47.4 Å². The van der Waals surface area contributed by atoms with Gasteiger partial charge >= 0.3 is 0 Å². The van der Waals surface area contributed by atoms with Crippen molar-refractivity contribution in [2.75, 3.05) is 6.61 Å². The second kappa shape index (κ2) is 7.10. The summed E-state index contributed by atoms with van der Waals surface area (Å²) in [6.45, 7) is 5.70. The van der Waals surface area contributed by atoms with E-state index in [9.17, 15) is 12.8 Å². The maximum atomic E-state index is 13.3. The Balaban J connectivity index is 2.22. The highest BCUT2D eigenvalue weighted by Crippen LogP contribution is 2.22. The number of halogens is 1. The lowest BCUT2D eigenvalue weighted by Gasteiger charge is -2.16. The molecule has 0 aliphatic carbocycles. The molecule has 0 radical (unpaired) electrons. The first-order valence-corrected chi connectivity index (χ1v) is 8.83. The van der Waals surface area contributed by atoms with E-state index in [0.717, 1.165) is 11.6 Å². The van der Waals surface area contributed by atoms with Crippen molar-refractivity contribution in [2.45, 2.75) is 31.7 Å². The van der Waals surface area contributed by atoms with Gasteiger partial charge in [-0.3, -0.25) is 0 Å². The standard InChI is InChI=1S/C17H20FNO3S/c1-4-22-15-7-5-6-14(11-15)13(3)19-23(20,21)16-8-9-17(18)12(2)10-16/h5-11,13,19H,4H2,1-3H3. The zero-order valence-corrected chi connectivity index (χ0v) is 14.2. The molecule has 0 amide bonds. The molecule has 0 spiro atoms. The van der Waals surface area contributed by atoms with E-state index in [2.05, 4.69) is 4.72 Å². The molecule has 0 saturated carbocycles. The SMILES string of the molecule is CCOc1cccc(C(C)NS(=O)(=O)c2ccc(F)c(C)c2)c1. The van der Waals surface area contributed by atoms with Crippen molar-refractivity contribution in [1.82, 2.24) is 4.72 Å². The van der Waals surface area contributed by atoms with E-state index in [4.69, 9.17) is 4.74 Å². The van der Waals surface area contributed by atoms with Crippen LogP contribution in [0.25, 0.3) is 0 Å². The molecule has 0 aliphatic heterocycles.